The minimum Gasteiger partial charge on any atom is -0.384 e. The maximum absolute atomic E-state index is 6.20. The molecule has 0 spiro atoms. The molecule has 0 amide bonds. The monoisotopic (exact) mass is 248 g/mol. The van der Waals surface area contributed by atoms with E-state index in [1.54, 1.807) is 7.11 Å². The first-order valence-corrected chi connectivity index (χ1v) is 6.84. The highest BCUT2D eigenvalue weighted by molar-refractivity contribution is 5.55. The van der Waals surface area contributed by atoms with Crippen molar-refractivity contribution in [2.24, 2.45) is 11.7 Å². The Hall–Kier alpha value is -1.06. The molecular formula is C15H24N2O. The Morgan fingerprint density at radius 3 is 2.94 bits per heavy atom. The summed E-state index contributed by atoms with van der Waals surface area (Å²) in [6.45, 7) is 5.19. The third-order valence-corrected chi connectivity index (χ3v) is 3.80. The summed E-state index contributed by atoms with van der Waals surface area (Å²) in [5, 5.41) is 0. The van der Waals surface area contributed by atoms with Crippen LogP contribution in [-0.2, 0) is 4.74 Å². The van der Waals surface area contributed by atoms with Crippen LogP contribution in [0.2, 0.25) is 0 Å². The van der Waals surface area contributed by atoms with E-state index in [1.165, 1.54) is 17.7 Å². The number of rotatable bonds is 5. The Bertz CT molecular complexity index is 381. The largest absolute Gasteiger partial charge is 0.384 e. The average molecular weight is 248 g/mol. The van der Waals surface area contributed by atoms with Gasteiger partial charge in [0.05, 0.1) is 6.61 Å². The fourth-order valence-corrected chi connectivity index (χ4v) is 2.73. The van der Waals surface area contributed by atoms with Crippen LogP contribution in [0.1, 0.15) is 31.4 Å². The van der Waals surface area contributed by atoms with E-state index in [0.29, 0.717) is 5.92 Å². The van der Waals surface area contributed by atoms with E-state index in [1.807, 2.05) is 0 Å². The first-order chi connectivity index (χ1) is 8.76. The van der Waals surface area contributed by atoms with Gasteiger partial charge in [0.1, 0.15) is 0 Å². The molecule has 1 aliphatic rings. The number of nitrogens with zero attached hydrogens (tertiary/aromatic N) is 1. The predicted molar refractivity (Wildman–Crippen MR) is 75.9 cm³/mol. The molecule has 0 aromatic heterocycles. The standard InChI is InChI=1S/C15H24N2O/c1-3-14(16)13-6-4-5-7-15(13)17-9-8-12(10-17)11-18-2/h4-7,12,14H,3,8-11,16H2,1-2H3/t12?,14-/m1/s1. The Balaban J connectivity index is 2.14. The fourth-order valence-electron chi connectivity index (χ4n) is 2.73. The number of hydrogen-bond acceptors (Lipinski definition) is 3. The molecule has 1 saturated heterocycles. The third kappa shape index (κ3) is 2.85. The molecule has 1 aliphatic heterocycles. The van der Waals surface area contributed by atoms with Gasteiger partial charge in [0, 0.05) is 37.8 Å². The van der Waals surface area contributed by atoms with Crippen LogP contribution in [0.15, 0.2) is 24.3 Å². The van der Waals surface area contributed by atoms with Crippen molar-refractivity contribution in [2.75, 3.05) is 31.7 Å². The Morgan fingerprint density at radius 1 is 1.44 bits per heavy atom. The van der Waals surface area contributed by atoms with E-state index >= 15 is 0 Å². The van der Waals surface area contributed by atoms with E-state index in [-0.39, 0.29) is 6.04 Å². The molecule has 0 bridgehead atoms. The molecule has 2 atom stereocenters. The van der Waals surface area contributed by atoms with Gasteiger partial charge >= 0.3 is 0 Å². The maximum atomic E-state index is 6.20. The Kier molecular flexibility index (Phi) is 4.61. The molecular weight excluding hydrogens is 224 g/mol. The van der Waals surface area contributed by atoms with Crippen molar-refractivity contribution in [3.8, 4) is 0 Å². The fraction of sp³-hybridized carbons (Fsp3) is 0.600. The third-order valence-electron chi connectivity index (χ3n) is 3.80. The number of methoxy groups -OCH3 is 1. The second kappa shape index (κ2) is 6.21. The van der Waals surface area contributed by atoms with E-state index < -0.39 is 0 Å². The number of hydrogen-bond donors (Lipinski definition) is 1. The van der Waals surface area contributed by atoms with E-state index in [2.05, 4.69) is 36.1 Å². The normalized spacial score (nSPS) is 21.3. The number of benzene rings is 1. The van der Waals surface area contributed by atoms with Gasteiger partial charge in [-0.2, -0.15) is 0 Å². The number of ether oxygens (including phenoxy) is 1. The molecule has 0 saturated carbocycles. The summed E-state index contributed by atoms with van der Waals surface area (Å²) in [5.41, 5.74) is 8.79. The first-order valence-electron chi connectivity index (χ1n) is 6.84. The van der Waals surface area contributed by atoms with Crippen LogP contribution < -0.4 is 10.6 Å². The van der Waals surface area contributed by atoms with Gasteiger partial charge in [-0.15, -0.1) is 0 Å². The van der Waals surface area contributed by atoms with Crippen molar-refractivity contribution < 1.29 is 4.74 Å². The Labute approximate surface area is 110 Å². The van der Waals surface area contributed by atoms with Crippen LogP contribution in [0.5, 0.6) is 0 Å². The van der Waals surface area contributed by atoms with E-state index in [0.717, 1.165) is 26.1 Å². The van der Waals surface area contributed by atoms with E-state index in [9.17, 15) is 0 Å². The van der Waals surface area contributed by atoms with Gasteiger partial charge in [0.2, 0.25) is 0 Å². The second-order valence-corrected chi connectivity index (χ2v) is 5.13. The minimum atomic E-state index is 0.141. The van der Waals surface area contributed by atoms with Gasteiger partial charge in [0.25, 0.3) is 0 Å². The molecule has 1 unspecified atom stereocenters. The smallest absolute Gasteiger partial charge is 0.0508 e. The van der Waals surface area contributed by atoms with Crippen LogP contribution >= 0.6 is 0 Å². The quantitative estimate of drug-likeness (QED) is 0.870. The number of para-hydroxylation sites is 1. The molecule has 1 heterocycles. The highest BCUT2D eigenvalue weighted by Crippen LogP contribution is 2.30. The summed E-state index contributed by atoms with van der Waals surface area (Å²) in [5.74, 6) is 0.654. The lowest BCUT2D eigenvalue weighted by atomic mass is 10.0. The summed E-state index contributed by atoms with van der Waals surface area (Å²) >= 11 is 0. The predicted octanol–water partition coefficient (Wildman–Crippen LogP) is 2.57. The van der Waals surface area contributed by atoms with Crippen molar-refractivity contribution in [2.45, 2.75) is 25.8 Å². The topological polar surface area (TPSA) is 38.5 Å². The summed E-state index contributed by atoms with van der Waals surface area (Å²) in [7, 11) is 1.78. The van der Waals surface area contributed by atoms with Crippen molar-refractivity contribution in [3.63, 3.8) is 0 Å². The summed E-state index contributed by atoms with van der Waals surface area (Å²) in [4.78, 5) is 2.45. The van der Waals surface area contributed by atoms with Crippen molar-refractivity contribution in [3.05, 3.63) is 29.8 Å². The summed E-state index contributed by atoms with van der Waals surface area (Å²) < 4.78 is 5.26. The van der Waals surface area contributed by atoms with E-state index in [4.69, 9.17) is 10.5 Å². The molecule has 2 N–H and O–H groups in total. The molecule has 100 valence electrons. The molecule has 1 fully saturated rings. The summed E-state index contributed by atoms with van der Waals surface area (Å²) in [6.07, 6.45) is 2.19. The zero-order chi connectivity index (χ0) is 13.0. The average Bonchev–Trinajstić information content (AvgIpc) is 2.87. The SMILES string of the molecule is CC[C@@H](N)c1ccccc1N1CCC(COC)C1. The van der Waals surface area contributed by atoms with Gasteiger partial charge in [-0.1, -0.05) is 25.1 Å². The van der Waals surface area contributed by atoms with Gasteiger partial charge in [-0.25, -0.2) is 0 Å². The maximum Gasteiger partial charge on any atom is 0.0508 e. The lowest BCUT2D eigenvalue weighted by Crippen LogP contribution is -2.24. The second-order valence-electron chi connectivity index (χ2n) is 5.13. The Morgan fingerprint density at radius 2 is 2.22 bits per heavy atom. The molecule has 3 nitrogen and oxygen atoms in total. The molecule has 2 rings (SSSR count). The van der Waals surface area contributed by atoms with Crippen LogP contribution in [0.25, 0.3) is 0 Å². The highest BCUT2D eigenvalue weighted by atomic mass is 16.5. The van der Waals surface area contributed by atoms with Crippen LogP contribution in [0.4, 0.5) is 5.69 Å². The van der Waals surface area contributed by atoms with Crippen LogP contribution in [0, 0.1) is 5.92 Å². The number of nitrogens with two attached hydrogens (primary N) is 1. The van der Waals surface area contributed by atoms with Gasteiger partial charge in [-0.3, -0.25) is 0 Å². The lowest BCUT2D eigenvalue weighted by Gasteiger charge is -2.24. The van der Waals surface area contributed by atoms with Crippen LogP contribution in [0.3, 0.4) is 0 Å². The van der Waals surface area contributed by atoms with Gasteiger partial charge in [0.15, 0.2) is 0 Å². The zero-order valence-electron chi connectivity index (χ0n) is 11.4. The molecule has 1 aromatic rings. The summed E-state index contributed by atoms with van der Waals surface area (Å²) in [6, 6.07) is 8.68. The van der Waals surface area contributed by atoms with Gasteiger partial charge in [-0.05, 0) is 24.5 Å². The first kappa shape index (κ1) is 13.4. The lowest BCUT2D eigenvalue weighted by molar-refractivity contribution is 0.161. The zero-order valence-corrected chi connectivity index (χ0v) is 11.4. The van der Waals surface area contributed by atoms with Gasteiger partial charge < -0.3 is 15.4 Å². The van der Waals surface area contributed by atoms with Crippen LogP contribution in [-0.4, -0.2) is 26.8 Å². The van der Waals surface area contributed by atoms with Crippen molar-refractivity contribution >= 4 is 5.69 Å². The van der Waals surface area contributed by atoms with Crippen molar-refractivity contribution in [1.82, 2.24) is 0 Å². The number of anilines is 1. The van der Waals surface area contributed by atoms with Crippen molar-refractivity contribution in [1.29, 1.82) is 0 Å². The highest BCUT2D eigenvalue weighted by Gasteiger charge is 2.24. The molecule has 18 heavy (non-hydrogen) atoms. The molecule has 0 aliphatic carbocycles. The molecule has 0 radical (unpaired) electrons. The minimum absolute atomic E-state index is 0.141. The molecule has 1 aromatic carbocycles. The molecule has 3 heteroatoms.